The van der Waals surface area contributed by atoms with E-state index < -0.39 is 0 Å². The Kier molecular flexibility index (Phi) is 7.17. The lowest BCUT2D eigenvalue weighted by Gasteiger charge is -2.21. The van der Waals surface area contributed by atoms with Crippen molar-refractivity contribution in [2.45, 2.75) is 26.4 Å². The highest BCUT2D eigenvalue weighted by Crippen LogP contribution is 2.15. The molecule has 4 nitrogen and oxygen atoms in total. The van der Waals surface area contributed by atoms with Crippen LogP contribution in [0.2, 0.25) is 0 Å². The minimum absolute atomic E-state index is 0.0451. The van der Waals surface area contributed by atoms with Gasteiger partial charge in [-0.3, -0.25) is 9.78 Å². The lowest BCUT2D eigenvalue weighted by atomic mass is 10.1. The number of carbonyl (C=O) groups excluding carboxylic acids is 1. The Morgan fingerprint density at radius 3 is 2.45 bits per heavy atom. The zero-order chi connectivity index (χ0) is 20.5. The van der Waals surface area contributed by atoms with Gasteiger partial charge >= 0.3 is 0 Å². The summed E-state index contributed by atoms with van der Waals surface area (Å²) in [5.41, 5.74) is 4.32. The van der Waals surface area contributed by atoms with E-state index in [9.17, 15) is 4.79 Å². The lowest BCUT2D eigenvalue weighted by molar-refractivity contribution is -0.127. The number of aryl methyl sites for hydroxylation is 1. The van der Waals surface area contributed by atoms with Crippen molar-refractivity contribution in [3.8, 4) is 5.75 Å². The number of methoxy groups -OCH3 is 1. The van der Waals surface area contributed by atoms with Gasteiger partial charge in [-0.25, -0.2) is 0 Å². The van der Waals surface area contributed by atoms with Crippen LogP contribution in [0.3, 0.4) is 0 Å². The van der Waals surface area contributed by atoms with E-state index in [4.69, 9.17) is 4.74 Å². The minimum atomic E-state index is -0.0451. The molecule has 0 spiro atoms. The number of hydrogen-bond donors (Lipinski definition) is 0. The number of pyridine rings is 1. The molecule has 0 saturated carbocycles. The van der Waals surface area contributed by atoms with E-state index in [0.29, 0.717) is 13.1 Å². The van der Waals surface area contributed by atoms with Gasteiger partial charge in [0.25, 0.3) is 0 Å². The van der Waals surface area contributed by atoms with Crippen molar-refractivity contribution in [2.24, 2.45) is 0 Å². The molecule has 29 heavy (non-hydrogen) atoms. The second-order valence-corrected chi connectivity index (χ2v) is 6.84. The first-order chi connectivity index (χ1) is 14.2. The Bertz CT molecular complexity index is 950. The zero-order valence-electron chi connectivity index (χ0n) is 16.9. The van der Waals surface area contributed by atoms with Crippen molar-refractivity contribution in [1.82, 2.24) is 9.88 Å². The molecule has 0 N–H and O–H groups in total. The van der Waals surface area contributed by atoms with Crippen LogP contribution in [-0.4, -0.2) is 22.9 Å². The topological polar surface area (TPSA) is 42.4 Å². The molecule has 148 valence electrons. The van der Waals surface area contributed by atoms with Crippen LogP contribution in [0.25, 0.3) is 6.08 Å². The molecular weight excluding hydrogens is 360 g/mol. The third-order valence-electron chi connectivity index (χ3n) is 4.72. The van der Waals surface area contributed by atoms with Gasteiger partial charge in [-0.15, -0.1) is 0 Å². The molecule has 1 aromatic heterocycles. The van der Waals surface area contributed by atoms with E-state index >= 15 is 0 Å². The number of rotatable bonds is 8. The van der Waals surface area contributed by atoms with E-state index in [1.165, 1.54) is 5.56 Å². The van der Waals surface area contributed by atoms with E-state index in [0.717, 1.165) is 28.9 Å². The summed E-state index contributed by atoms with van der Waals surface area (Å²) in [6.07, 6.45) is 7.97. The molecular formula is C25H26N2O2. The standard InChI is InChI=1S/C25H26N2O2/c1-3-20-9-11-22(12-10-20)18-27(19-23-7-5-15-26-17-23)25(28)14-13-21-6-4-8-24(16-21)29-2/h4-17H,3,18-19H2,1-2H3. The Morgan fingerprint density at radius 2 is 1.76 bits per heavy atom. The van der Waals surface area contributed by atoms with Crippen molar-refractivity contribution in [1.29, 1.82) is 0 Å². The summed E-state index contributed by atoms with van der Waals surface area (Å²) >= 11 is 0. The van der Waals surface area contributed by atoms with Gasteiger partial charge in [-0.2, -0.15) is 0 Å². The van der Waals surface area contributed by atoms with Crippen LogP contribution in [0.15, 0.2) is 79.1 Å². The highest BCUT2D eigenvalue weighted by Gasteiger charge is 2.12. The predicted molar refractivity (Wildman–Crippen MR) is 116 cm³/mol. The van der Waals surface area contributed by atoms with Crippen LogP contribution in [0.1, 0.15) is 29.2 Å². The normalized spacial score (nSPS) is 10.8. The average Bonchev–Trinajstić information content (AvgIpc) is 2.78. The molecule has 0 aliphatic rings. The maximum Gasteiger partial charge on any atom is 0.247 e. The second kappa shape index (κ2) is 10.2. The summed E-state index contributed by atoms with van der Waals surface area (Å²) in [5.74, 6) is 0.721. The predicted octanol–water partition coefficient (Wildman–Crippen LogP) is 4.89. The van der Waals surface area contributed by atoms with Gasteiger partial charge in [0.2, 0.25) is 5.91 Å². The Hall–Kier alpha value is -3.40. The lowest BCUT2D eigenvalue weighted by Crippen LogP contribution is -2.28. The maximum atomic E-state index is 13.0. The molecule has 4 heteroatoms. The van der Waals surface area contributed by atoms with E-state index in [1.54, 1.807) is 25.6 Å². The minimum Gasteiger partial charge on any atom is -0.497 e. The molecule has 0 bridgehead atoms. The fraction of sp³-hybridized carbons (Fsp3) is 0.200. The second-order valence-electron chi connectivity index (χ2n) is 6.84. The van der Waals surface area contributed by atoms with Gasteiger partial charge in [0.1, 0.15) is 5.75 Å². The molecule has 0 aliphatic heterocycles. The number of nitrogens with zero attached hydrogens (tertiary/aromatic N) is 2. The van der Waals surface area contributed by atoms with E-state index in [1.807, 2.05) is 47.4 Å². The van der Waals surface area contributed by atoms with Crippen LogP contribution >= 0.6 is 0 Å². The Morgan fingerprint density at radius 1 is 1.00 bits per heavy atom. The number of ether oxygens (including phenoxy) is 1. The zero-order valence-corrected chi connectivity index (χ0v) is 16.9. The van der Waals surface area contributed by atoms with Crippen molar-refractivity contribution in [2.75, 3.05) is 7.11 Å². The number of hydrogen-bond acceptors (Lipinski definition) is 3. The van der Waals surface area contributed by atoms with Gasteiger partial charge in [0.15, 0.2) is 0 Å². The first-order valence-corrected chi connectivity index (χ1v) is 9.75. The smallest absolute Gasteiger partial charge is 0.247 e. The number of aromatic nitrogens is 1. The largest absolute Gasteiger partial charge is 0.497 e. The van der Waals surface area contributed by atoms with Gasteiger partial charge in [0, 0.05) is 31.6 Å². The molecule has 2 aromatic carbocycles. The molecule has 3 rings (SSSR count). The molecule has 3 aromatic rings. The van der Waals surface area contributed by atoms with Crippen LogP contribution < -0.4 is 4.74 Å². The van der Waals surface area contributed by atoms with Gasteiger partial charge < -0.3 is 9.64 Å². The molecule has 0 radical (unpaired) electrons. The van der Waals surface area contributed by atoms with Crippen LogP contribution in [0, 0.1) is 0 Å². The highest BCUT2D eigenvalue weighted by molar-refractivity contribution is 5.91. The van der Waals surface area contributed by atoms with E-state index in [-0.39, 0.29) is 5.91 Å². The fourth-order valence-electron chi connectivity index (χ4n) is 3.04. The molecule has 0 atom stereocenters. The highest BCUT2D eigenvalue weighted by atomic mass is 16.5. The SMILES string of the molecule is CCc1ccc(CN(Cc2cccnc2)C(=O)C=Cc2cccc(OC)c2)cc1. The maximum absolute atomic E-state index is 13.0. The molecule has 0 aliphatic carbocycles. The van der Waals surface area contributed by atoms with Crippen LogP contribution in [0.5, 0.6) is 5.75 Å². The third kappa shape index (κ3) is 6.04. The average molecular weight is 386 g/mol. The fourth-order valence-corrected chi connectivity index (χ4v) is 3.04. The summed E-state index contributed by atoms with van der Waals surface area (Å²) in [4.78, 5) is 19.0. The summed E-state index contributed by atoms with van der Waals surface area (Å²) in [5, 5.41) is 0. The Balaban J connectivity index is 1.78. The van der Waals surface area contributed by atoms with Gasteiger partial charge in [0.05, 0.1) is 7.11 Å². The number of carbonyl (C=O) groups is 1. The van der Waals surface area contributed by atoms with Crippen molar-refractivity contribution in [3.05, 3.63) is 101 Å². The van der Waals surface area contributed by atoms with Crippen molar-refractivity contribution < 1.29 is 9.53 Å². The van der Waals surface area contributed by atoms with Crippen LogP contribution in [-0.2, 0) is 24.3 Å². The number of amides is 1. The quantitative estimate of drug-likeness (QED) is 0.518. The molecule has 0 fully saturated rings. The monoisotopic (exact) mass is 386 g/mol. The molecule has 0 saturated heterocycles. The van der Waals surface area contributed by atoms with Gasteiger partial charge in [-0.05, 0) is 52.9 Å². The van der Waals surface area contributed by atoms with Crippen LogP contribution in [0.4, 0.5) is 0 Å². The first-order valence-electron chi connectivity index (χ1n) is 9.75. The van der Waals surface area contributed by atoms with E-state index in [2.05, 4.69) is 36.2 Å². The van der Waals surface area contributed by atoms with Gasteiger partial charge in [-0.1, -0.05) is 49.4 Å². The molecule has 1 amide bonds. The molecule has 1 heterocycles. The first kappa shape index (κ1) is 20.3. The summed E-state index contributed by atoms with van der Waals surface area (Å²) in [6.45, 7) is 3.18. The Labute approximate surface area is 172 Å². The summed E-state index contributed by atoms with van der Waals surface area (Å²) < 4.78 is 5.25. The molecule has 0 unspecified atom stereocenters. The van der Waals surface area contributed by atoms with Crippen molar-refractivity contribution in [3.63, 3.8) is 0 Å². The summed E-state index contributed by atoms with van der Waals surface area (Å²) in [6, 6.07) is 19.9. The third-order valence-corrected chi connectivity index (χ3v) is 4.72. The summed E-state index contributed by atoms with van der Waals surface area (Å²) in [7, 11) is 1.63. The van der Waals surface area contributed by atoms with Crippen molar-refractivity contribution >= 4 is 12.0 Å². The number of benzene rings is 2.